The Kier molecular flexibility index (Phi) is 5.83. The van der Waals surface area contributed by atoms with Crippen LogP contribution in [0.4, 0.5) is 0 Å². The van der Waals surface area contributed by atoms with E-state index in [0.29, 0.717) is 18.0 Å². The first-order chi connectivity index (χ1) is 9.23. The van der Waals surface area contributed by atoms with Crippen LogP contribution in [0.15, 0.2) is 17.0 Å². The number of nitrogens with zero attached hydrogens (tertiary/aromatic N) is 1. The van der Waals surface area contributed by atoms with Crippen LogP contribution < -0.4 is 5.32 Å². The summed E-state index contributed by atoms with van der Waals surface area (Å²) < 4.78 is 27.6. The van der Waals surface area contributed by atoms with E-state index in [4.69, 9.17) is 0 Å². The van der Waals surface area contributed by atoms with Gasteiger partial charge in [-0.1, -0.05) is 17.7 Å². The van der Waals surface area contributed by atoms with Gasteiger partial charge in [-0.3, -0.25) is 0 Å². The highest BCUT2D eigenvalue weighted by molar-refractivity contribution is 7.89. The number of sulfonamides is 1. The Balaban J connectivity index is 0.00000220. The lowest BCUT2D eigenvalue weighted by molar-refractivity contribution is 0.244. The second-order valence-electron chi connectivity index (χ2n) is 5.96. The minimum absolute atomic E-state index is 0. The quantitative estimate of drug-likeness (QED) is 0.904. The summed E-state index contributed by atoms with van der Waals surface area (Å²) in [5.41, 5.74) is 2.77. The molecule has 1 aromatic carbocycles. The summed E-state index contributed by atoms with van der Waals surface area (Å²) in [5.74, 6) is 0. The van der Waals surface area contributed by atoms with Crippen molar-refractivity contribution in [2.75, 3.05) is 13.1 Å². The molecule has 0 bridgehead atoms. The normalized spacial score (nSPS) is 23.7. The molecule has 2 unspecified atom stereocenters. The molecule has 0 aromatic heterocycles. The zero-order valence-corrected chi connectivity index (χ0v) is 14.9. The number of hydrogen-bond acceptors (Lipinski definition) is 3. The molecule has 0 radical (unpaired) electrons. The first-order valence-corrected chi connectivity index (χ1v) is 8.50. The van der Waals surface area contributed by atoms with Crippen molar-refractivity contribution in [3.63, 3.8) is 0 Å². The van der Waals surface area contributed by atoms with Gasteiger partial charge in [0, 0.05) is 25.2 Å². The van der Waals surface area contributed by atoms with Crippen molar-refractivity contribution in [1.29, 1.82) is 0 Å². The van der Waals surface area contributed by atoms with Crippen molar-refractivity contribution in [2.24, 2.45) is 0 Å². The Hall–Kier alpha value is -0.620. The molecule has 1 saturated heterocycles. The minimum Gasteiger partial charge on any atom is -0.311 e. The number of halogens is 1. The molecule has 1 fully saturated rings. The van der Waals surface area contributed by atoms with Crippen LogP contribution in [0, 0.1) is 20.8 Å². The van der Waals surface area contributed by atoms with Gasteiger partial charge >= 0.3 is 0 Å². The molecule has 2 rings (SSSR count). The SMILES string of the molecule is Cc1cc(C)c(S(=O)(=O)N2CC(C)NCC2C)c(C)c1.Cl. The maximum atomic E-state index is 13.0. The summed E-state index contributed by atoms with van der Waals surface area (Å²) >= 11 is 0. The van der Waals surface area contributed by atoms with Gasteiger partial charge in [-0.15, -0.1) is 12.4 Å². The van der Waals surface area contributed by atoms with E-state index in [1.54, 1.807) is 4.31 Å². The van der Waals surface area contributed by atoms with Gasteiger partial charge in [0.05, 0.1) is 4.90 Å². The molecule has 1 aromatic rings. The van der Waals surface area contributed by atoms with Crippen LogP contribution in [-0.2, 0) is 10.0 Å². The van der Waals surface area contributed by atoms with Crippen molar-refractivity contribution < 1.29 is 8.42 Å². The Bertz CT molecular complexity index is 593. The van der Waals surface area contributed by atoms with Crippen LogP contribution in [-0.4, -0.2) is 37.9 Å². The third kappa shape index (κ3) is 3.59. The van der Waals surface area contributed by atoms with Gasteiger partial charge in [0.15, 0.2) is 0 Å². The first kappa shape index (κ1) is 18.4. The number of aryl methyl sites for hydroxylation is 3. The fourth-order valence-electron chi connectivity index (χ4n) is 3.01. The molecule has 21 heavy (non-hydrogen) atoms. The lowest BCUT2D eigenvalue weighted by atomic mass is 10.1. The largest absolute Gasteiger partial charge is 0.311 e. The van der Waals surface area contributed by atoms with Crippen molar-refractivity contribution in [3.05, 3.63) is 28.8 Å². The zero-order chi connectivity index (χ0) is 15.1. The van der Waals surface area contributed by atoms with Crippen LogP contribution in [0.5, 0.6) is 0 Å². The second kappa shape index (κ2) is 6.65. The van der Waals surface area contributed by atoms with Crippen molar-refractivity contribution in [1.82, 2.24) is 9.62 Å². The first-order valence-electron chi connectivity index (χ1n) is 7.06. The van der Waals surface area contributed by atoms with Crippen molar-refractivity contribution in [3.8, 4) is 0 Å². The molecule has 120 valence electrons. The van der Waals surface area contributed by atoms with Crippen LogP contribution in [0.1, 0.15) is 30.5 Å². The number of nitrogens with one attached hydrogen (secondary N) is 1. The van der Waals surface area contributed by atoms with Crippen molar-refractivity contribution >= 4 is 22.4 Å². The van der Waals surface area contributed by atoms with E-state index in [-0.39, 0.29) is 24.5 Å². The predicted octanol–water partition coefficient (Wildman–Crippen LogP) is 2.40. The van der Waals surface area contributed by atoms with Crippen molar-refractivity contribution in [2.45, 2.75) is 51.6 Å². The van der Waals surface area contributed by atoms with Crippen LogP contribution >= 0.6 is 12.4 Å². The molecule has 0 aliphatic carbocycles. The fourth-order valence-corrected chi connectivity index (χ4v) is 5.15. The maximum absolute atomic E-state index is 13.0. The standard InChI is InChI=1S/C15H24N2O2S.ClH/c1-10-6-11(2)15(12(3)7-10)20(18,19)17-9-13(4)16-8-14(17)5;/h6-7,13-14,16H,8-9H2,1-5H3;1H. The maximum Gasteiger partial charge on any atom is 0.243 e. The van der Waals surface area contributed by atoms with Gasteiger partial charge in [-0.2, -0.15) is 4.31 Å². The lowest BCUT2D eigenvalue weighted by Crippen LogP contribution is -2.56. The van der Waals surface area contributed by atoms with Gasteiger partial charge in [-0.25, -0.2) is 8.42 Å². The number of hydrogen-bond donors (Lipinski definition) is 1. The topological polar surface area (TPSA) is 49.4 Å². The van der Waals surface area contributed by atoms with E-state index in [1.165, 1.54) is 0 Å². The summed E-state index contributed by atoms with van der Waals surface area (Å²) in [6, 6.07) is 4.05. The van der Waals surface area contributed by atoms with E-state index in [0.717, 1.165) is 16.7 Å². The molecule has 1 N–H and O–H groups in total. The Labute approximate surface area is 134 Å². The van der Waals surface area contributed by atoms with Crippen LogP contribution in [0.3, 0.4) is 0 Å². The summed E-state index contributed by atoms with van der Waals surface area (Å²) in [5, 5.41) is 3.32. The predicted molar refractivity (Wildman–Crippen MR) is 88.7 cm³/mol. The molecular weight excluding hydrogens is 308 g/mol. The van der Waals surface area contributed by atoms with E-state index in [9.17, 15) is 8.42 Å². The number of piperazine rings is 1. The summed E-state index contributed by atoms with van der Waals surface area (Å²) in [6.07, 6.45) is 0. The van der Waals surface area contributed by atoms with Gasteiger partial charge in [0.1, 0.15) is 0 Å². The van der Waals surface area contributed by atoms with Crippen LogP contribution in [0.25, 0.3) is 0 Å². The molecule has 0 spiro atoms. The monoisotopic (exact) mass is 332 g/mol. The Morgan fingerprint density at radius 3 is 2.19 bits per heavy atom. The molecule has 1 heterocycles. The average Bonchev–Trinajstić information content (AvgIpc) is 2.30. The Morgan fingerprint density at radius 1 is 1.14 bits per heavy atom. The number of rotatable bonds is 2. The summed E-state index contributed by atoms with van der Waals surface area (Å²) in [4.78, 5) is 0.476. The van der Waals surface area contributed by atoms with E-state index < -0.39 is 10.0 Å². The molecular formula is C15H25ClN2O2S. The zero-order valence-electron chi connectivity index (χ0n) is 13.3. The molecule has 2 atom stereocenters. The summed E-state index contributed by atoms with van der Waals surface area (Å²) in [7, 11) is -3.43. The van der Waals surface area contributed by atoms with E-state index >= 15 is 0 Å². The number of benzene rings is 1. The molecule has 0 amide bonds. The molecule has 6 heteroatoms. The second-order valence-corrected chi connectivity index (χ2v) is 7.79. The van der Waals surface area contributed by atoms with Gasteiger partial charge in [0.2, 0.25) is 10.0 Å². The van der Waals surface area contributed by atoms with Gasteiger partial charge in [-0.05, 0) is 45.7 Å². The van der Waals surface area contributed by atoms with Crippen LogP contribution in [0.2, 0.25) is 0 Å². The average molecular weight is 333 g/mol. The minimum atomic E-state index is -3.43. The smallest absolute Gasteiger partial charge is 0.243 e. The highest BCUT2D eigenvalue weighted by Gasteiger charge is 2.35. The van der Waals surface area contributed by atoms with Gasteiger partial charge < -0.3 is 5.32 Å². The van der Waals surface area contributed by atoms with Gasteiger partial charge in [0.25, 0.3) is 0 Å². The molecule has 4 nitrogen and oxygen atoms in total. The molecule has 0 saturated carbocycles. The Morgan fingerprint density at radius 2 is 1.67 bits per heavy atom. The highest BCUT2D eigenvalue weighted by Crippen LogP contribution is 2.27. The summed E-state index contributed by atoms with van der Waals surface area (Å²) in [6.45, 7) is 10.9. The fraction of sp³-hybridized carbons (Fsp3) is 0.600. The highest BCUT2D eigenvalue weighted by atomic mass is 35.5. The lowest BCUT2D eigenvalue weighted by Gasteiger charge is -2.37. The van der Waals surface area contributed by atoms with E-state index in [2.05, 4.69) is 5.32 Å². The third-order valence-electron chi connectivity index (χ3n) is 3.88. The van der Waals surface area contributed by atoms with E-state index in [1.807, 2.05) is 46.8 Å². The molecule has 1 aliphatic heterocycles. The molecule has 1 aliphatic rings. The third-order valence-corrected chi connectivity index (χ3v) is 6.16.